The zero-order chi connectivity index (χ0) is 13.3. The minimum absolute atomic E-state index is 0.288. The van der Waals surface area contributed by atoms with Crippen LogP contribution in [0.25, 0.3) is 0 Å². The van der Waals surface area contributed by atoms with Crippen LogP contribution in [0.15, 0.2) is 5.51 Å². The molecule has 2 heterocycles. The highest BCUT2D eigenvalue weighted by Crippen LogP contribution is 2.20. The van der Waals surface area contributed by atoms with E-state index in [0.29, 0.717) is 4.77 Å². The molecule has 7 heteroatoms. The third-order valence-electron chi connectivity index (χ3n) is 2.77. The maximum Gasteiger partial charge on any atom is 0.226 e. The molecule has 0 saturated heterocycles. The SMILES string of the molecule is Cc1ncsc1CN(C)c1n[nH]c(=S)n1C(C)C. The summed E-state index contributed by atoms with van der Waals surface area (Å²) in [5.41, 5.74) is 2.95. The number of nitrogens with zero attached hydrogens (tertiary/aromatic N) is 4. The Morgan fingerprint density at radius 1 is 1.56 bits per heavy atom. The summed E-state index contributed by atoms with van der Waals surface area (Å²) in [5.74, 6) is 0.864. The number of rotatable bonds is 4. The van der Waals surface area contributed by atoms with Gasteiger partial charge in [-0.25, -0.2) is 10.1 Å². The molecule has 2 aromatic heterocycles. The Balaban J connectivity index is 2.27. The van der Waals surface area contributed by atoms with Crippen LogP contribution in [-0.2, 0) is 6.54 Å². The van der Waals surface area contributed by atoms with Gasteiger partial charge in [-0.15, -0.1) is 16.4 Å². The fourth-order valence-corrected chi connectivity index (χ4v) is 2.96. The van der Waals surface area contributed by atoms with E-state index >= 15 is 0 Å². The molecule has 0 aliphatic rings. The molecule has 0 bridgehead atoms. The molecule has 2 aromatic rings. The third kappa shape index (κ3) is 2.46. The molecule has 98 valence electrons. The topological polar surface area (TPSA) is 49.7 Å². The molecule has 0 amide bonds. The molecule has 2 rings (SSSR count). The van der Waals surface area contributed by atoms with Gasteiger partial charge in [-0.3, -0.25) is 4.57 Å². The van der Waals surface area contributed by atoms with Crippen LogP contribution in [0.1, 0.15) is 30.5 Å². The van der Waals surface area contributed by atoms with Crippen LogP contribution in [0.5, 0.6) is 0 Å². The molecule has 0 radical (unpaired) electrons. The second-order valence-electron chi connectivity index (χ2n) is 4.51. The van der Waals surface area contributed by atoms with Crippen molar-refractivity contribution in [3.63, 3.8) is 0 Å². The van der Waals surface area contributed by atoms with Crippen molar-refractivity contribution in [2.24, 2.45) is 0 Å². The van der Waals surface area contributed by atoms with E-state index in [-0.39, 0.29) is 6.04 Å². The first kappa shape index (κ1) is 13.2. The number of aryl methyl sites for hydroxylation is 1. The predicted octanol–water partition coefficient (Wildman–Crippen LogP) is 2.92. The van der Waals surface area contributed by atoms with E-state index in [4.69, 9.17) is 12.2 Å². The summed E-state index contributed by atoms with van der Waals surface area (Å²) < 4.78 is 2.68. The van der Waals surface area contributed by atoms with Gasteiger partial charge in [-0.05, 0) is 33.0 Å². The van der Waals surface area contributed by atoms with Gasteiger partial charge in [0.05, 0.1) is 17.7 Å². The molecule has 0 spiro atoms. The normalized spacial score (nSPS) is 11.2. The summed E-state index contributed by atoms with van der Waals surface area (Å²) >= 11 is 6.92. The van der Waals surface area contributed by atoms with E-state index in [1.165, 1.54) is 4.88 Å². The Bertz CT molecular complexity index is 580. The number of thiazole rings is 1. The van der Waals surface area contributed by atoms with Crippen molar-refractivity contribution in [2.75, 3.05) is 11.9 Å². The monoisotopic (exact) mass is 283 g/mol. The maximum absolute atomic E-state index is 5.25. The van der Waals surface area contributed by atoms with Crippen LogP contribution in [0.3, 0.4) is 0 Å². The van der Waals surface area contributed by atoms with Gasteiger partial charge >= 0.3 is 0 Å². The minimum Gasteiger partial charge on any atom is -0.339 e. The lowest BCUT2D eigenvalue weighted by Crippen LogP contribution is -2.21. The summed E-state index contributed by atoms with van der Waals surface area (Å²) in [7, 11) is 2.02. The molecule has 0 aromatic carbocycles. The van der Waals surface area contributed by atoms with Gasteiger partial charge in [0.2, 0.25) is 5.95 Å². The van der Waals surface area contributed by atoms with Crippen molar-refractivity contribution in [2.45, 2.75) is 33.4 Å². The van der Waals surface area contributed by atoms with E-state index in [1.54, 1.807) is 11.3 Å². The van der Waals surface area contributed by atoms with Crippen LogP contribution < -0.4 is 4.90 Å². The number of nitrogens with one attached hydrogen (secondary N) is 1. The van der Waals surface area contributed by atoms with Crippen molar-refractivity contribution in [3.05, 3.63) is 20.9 Å². The van der Waals surface area contributed by atoms with Gasteiger partial charge in [0.1, 0.15) is 0 Å². The third-order valence-corrected chi connectivity index (χ3v) is 3.98. The van der Waals surface area contributed by atoms with E-state index in [2.05, 4.69) is 33.9 Å². The Morgan fingerprint density at radius 3 is 2.83 bits per heavy atom. The molecule has 5 nitrogen and oxygen atoms in total. The Labute approximate surface area is 115 Å². The van der Waals surface area contributed by atoms with Crippen LogP contribution in [0.4, 0.5) is 5.95 Å². The van der Waals surface area contributed by atoms with E-state index in [9.17, 15) is 0 Å². The molecular formula is C11H17N5S2. The van der Waals surface area contributed by atoms with Gasteiger partial charge in [-0.2, -0.15) is 0 Å². The van der Waals surface area contributed by atoms with Crippen LogP contribution in [0.2, 0.25) is 0 Å². The maximum atomic E-state index is 5.25. The molecule has 0 aliphatic heterocycles. The minimum atomic E-state index is 0.288. The average Bonchev–Trinajstić information content (AvgIpc) is 2.86. The summed E-state index contributed by atoms with van der Waals surface area (Å²) in [6, 6.07) is 0.288. The largest absolute Gasteiger partial charge is 0.339 e. The Hall–Kier alpha value is -1.21. The lowest BCUT2D eigenvalue weighted by Gasteiger charge is -2.20. The number of H-pyrrole nitrogens is 1. The molecule has 0 fully saturated rings. The predicted molar refractivity (Wildman–Crippen MR) is 76.8 cm³/mol. The molecular weight excluding hydrogens is 266 g/mol. The van der Waals surface area contributed by atoms with Gasteiger partial charge in [0, 0.05) is 18.0 Å². The summed E-state index contributed by atoms with van der Waals surface area (Å²) in [6.45, 7) is 7.02. The van der Waals surface area contributed by atoms with E-state index < -0.39 is 0 Å². The number of aromatic amines is 1. The van der Waals surface area contributed by atoms with E-state index in [0.717, 1.165) is 18.2 Å². The van der Waals surface area contributed by atoms with Crippen LogP contribution in [-0.4, -0.2) is 26.8 Å². The van der Waals surface area contributed by atoms with Gasteiger partial charge in [0.25, 0.3) is 0 Å². The van der Waals surface area contributed by atoms with Gasteiger partial charge < -0.3 is 4.90 Å². The molecule has 1 N–H and O–H groups in total. The van der Waals surface area contributed by atoms with Crippen molar-refractivity contribution in [3.8, 4) is 0 Å². The van der Waals surface area contributed by atoms with Crippen molar-refractivity contribution in [1.29, 1.82) is 0 Å². The molecule has 0 unspecified atom stereocenters. The number of hydrogen-bond acceptors (Lipinski definition) is 5. The zero-order valence-electron chi connectivity index (χ0n) is 11.0. The second kappa shape index (κ2) is 5.19. The summed E-state index contributed by atoms with van der Waals surface area (Å²) in [5, 5.41) is 7.16. The lowest BCUT2D eigenvalue weighted by molar-refractivity contribution is 0.583. The smallest absolute Gasteiger partial charge is 0.226 e. The molecule has 0 atom stereocenters. The highest BCUT2D eigenvalue weighted by molar-refractivity contribution is 7.71. The standard InChI is InChI=1S/C11H17N5S2/c1-7(2)16-10(13-14-11(16)17)15(4)5-9-8(3)12-6-18-9/h6-7H,5H2,1-4H3,(H,14,17). The molecule has 0 aliphatic carbocycles. The highest BCUT2D eigenvalue weighted by atomic mass is 32.1. The fourth-order valence-electron chi connectivity index (χ4n) is 1.80. The van der Waals surface area contributed by atoms with Gasteiger partial charge in [-0.1, -0.05) is 0 Å². The summed E-state index contributed by atoms with van der Waals surface area (Å²) in [4.78, 5) is 7.60. The van der Waals surface area contributed by atoms with Crippen molar-refractivity contribution < 1.29 is 0 Å². The number of anilines is 1. The first-order valence-corrected chi connectivity index (χ1v) is 7.06. The van der Waals surface area contributed by atoms with Crippen LogP contribution >= 0.6 is 23.6 Å². The highest BCUT2D eigenvalue weighted by Gasteiger charge is 2.15. The number of hydrogen-bond donors (Lipinski definition) is 1. The zero-order valence-corrected chi connectivity index (χ0v) is 12.6. The first-order chi connectivity index (χ1) is 8.50. The Morgan fingerprint density at radius 2 is 2.28 bits per heavy atom. The van der Waals surface area contributed by atoms with Gasteiger partial charge in [0.15, 0.2) is 4.77 Å². The first-order valence-electron chi connectivity index (χ1n) is 5.77. The number of aromatic nitrogens is 4. The lowest BCUT2D eigenvalue weighted by atomic mass is 10.3. The van der Waals surface area contributed by atoms with E-state index in [1.807, 2.05) is 24.0 Å². The summed E-state index contributed by atoms with van der Waals surface area (Å²) in [6.07, 6.45) is 0. The van der Waals surface area contributed by atoms with Crippen molar-refractivity contribution in [1.82, 2.24) is 19.7 Å². The fraction of sp³-hybridized carbons (Fsp3) is 0.545. The second-order valence-corrected chi connectivity index (χ2v) is 5.84. The molecule has 0 saturated carbocycles. The van der Waals surface area contributed by atoms with Crippen molar-refractivity contribution >= 4 is 29.5 Å². The quantitative estimate of drug-likeness (QED) is 0.877. The van der Waals surface area contributed by atoms with Crippen LogP contribution in [0, 0.1) is 11.7 Å². The Kier molecular flexibility index (Phi) is 3.82. The average molecular weight is 283 g/mol. The molecule has 18 heavy (non-hydrogen) atoms.